The molecule has 5 atom stereocenters. The summed E-state index contributed by atoms with van der Waals surface area (Å²) in [5, 5.41) is 12.4. The number of benzene rings is 2. The van der Waals surface area contributed by atoms with Crippen molar-refractivity contribution in [3.8, 4) is 0 Å². The zero-order chi connectivity index (χ0) is 22.5. The van der Waals surface area contributed by atoms with Gasteiger partial charge in [-0.05, 0) is 23.8 Å². The van der Waals surface area contributed by atoms with Crippen LogP contribution in [0.4, 0.5) is 0 Å². The Bertz CT molecular complexity index is 1240. The van der Waals surface area contributed by atoms with Crippen LogP contribution in [0.25, 0.3) is 5.57 Å². The first-order chi connectivity index (χ1) is 15.2. The van der Waals surface area contributed by atoms with Crippen LogP contribution in [0.5, 0.6) is 0 Å². The standard InChI is InChI=1S/C26H25NO4S/c1-23(2)18-13-14-24(23)15-32(31)27-26(24)20(21(28)17-11-7-4-8-12-17)19(22(29)25(18,26)30)16-9-5-3-6-10-16/h3-12,18,27,30H,13-15H2,1-2H3/t18-,24-,25-,26-,32-/m0/s1. The number of fused-ring (bicyclic) bond motifs is 2. The van der Waals surface area contributed by atoms with E-state index in [4.69, 9.17) is 0 Å². The van der Waals surface area contributed by atoms with Crippen molar-refractivity contribution in [3.63, 3.8) is 0 Å². The Kier molecular flexibility index (Phi) is 3.87. The molecule has 2 bridgehead atoms. The number of aliphatic hydroxyl groups is 1. The highest BCUT2D eigenvalue weighted by Gasteiger charge is 2.90. The Balaban J connectivity index is 1.73. The van der Waals surface area contributed by atoms with Crippen molar-refractivity contribution >= 4 is 28.1 Å². The van der Waals surface area contributed by atoms with Crippen molar-refractivity contribution in [2.24, 2.45) is 16.7 Å². The molecular weight excluding hydrogens is 422 g/mol. The monoisotopic (exact) mass is 447 g/mol. The SMILES string of the molecule is CC1(C)[C@@H]2CC[C@]13C[S@](=O)N[C@@]31C(C(=O)c3ccccc3)=C(c3ccccc3)C(=O)[C@@]21O. The summed E-state index contributed by atoms with van der Waals surface area (Å²) >= 11 is 0. The van der Waals surface area contributed by atoms with Crippen molar-refractivity contribution in [1.29, 1.82) is 0 Å². The van der Waals surface area contributed by atoms with Crippen LogP contribution >= 0.6 is 0 Å². The van der Waals surface area contributed by atoms with Crippen molar-refractivity contribution in [1.82, 2.24) is 4.72 Å². The second kappa shape index (κ2) is 6.13. The molecule has 3 fully saturated rings. The third kappa shape index (κ3) is 1.93. The van der Waals surface area contributed by atoms with E-state index in [9.17, 15) is 18.9 Å². The Morgan fingerprint density at radius 1 is 1.06 bits per heavy atom. The molecule has 0 aromatic heterocycles. The summed E-state index contributed by atoms with van der Waals surface area (Å²) in [6, 6.07) is 18.0. The second-order valence-corrected chi connectivity index (χ2v) is 11.3. The fraction of sp³-hybridized carbons (Fsp3) is 0.385. The Hall–Kier alpha value is -2.41. The summed E-state index contributed by atoms with van der Waals surface area (Å²) in [4.78, 5) is 28.3. The van der Waals surface area contributed by atoms with Gasteiger partial charge in [-0.25, -0.2) is 8.93 Å². The molecule has 2 spiro atoms. The van der Waals surface area contributed by atoms with Crippen molar-refractivity contribution in [2.45, 2.75) is 37.8 Å². The van der Waals surface area contributed by atoms with Gasteiger partial charge < -0.3 is 5.11 Å². The van der Waals surface area contributed by atoms with Crippen molar-refractivity contribution in [2.75, 3.05) is 5.75 Å². The molecule has 1 aliphatic heterocycles. The Morgan fingerprint density at radius 3 is 2.34 bits per heavy atom. The topological polar surface area (TPSA) is 83.5 Å². The van der Waals surface area contributed by atoms with E-state index in [1.165, 1.54) is 0 Å². The molecule has 2 N–H and O–H groups in total. The highest BCUT2D eigenvalue weighted by molar-refractivity contribution is 7.83. The molecule has 2 aromatic carbocycles. The fourth-order valence-electron chi connectivity index (χ4n) is 7.61. The molecular formula is C26H25NO4S. The third-order valence-corrected chi connectivity index (χ3v) is 10.2. The molecule has 3 aliphatic carbocycles. The van der Waals surface area contributed by atoms with E-state index in [-0.39, 0.29) is 22.8 Å². The van der Waals surface area contributed by atoms with Crippen LogP contribution in [0.15, 0.2) is 66.2 Å². The van der Waals surface area contributed by atoms with Crippen molar-refractivity contribution in [3.05, 3.63) is 77.4 Å². The maximum absolute atomic E-state index is 14.2. The molecule has 2 aromatic rings. The number of ketones is 2. The van der Waals surface area contributed by atoms with Gasteiger partial charge in [0, 0.05) is 33.8 Å². The molecule has 6 rings (SSSR count). The maximum Gasteiger partial charge on any atom is 0.198 e. The highest BCUT2D eigenvalue weighted by Crippen LogP contribution is 2.79. The predicted octanol–water partition coefficient (Wildman–Crippen LogP) is 3.08. The molecule has 4 aliphatic rings. The lowest BCUT2D eigenvalue weighted by Crippen LogP contribution is -2.68. The largest absolute Gasteiger partial charge is 0.379 e. The van der Waals surface area contributed by atoms with Gasteiger partial charge >= 0.3 is 0 Å². The fourth-order valence-corrected chi connectivity index (χ4v) is 9.65. The van der Waals surface area contributed by atoms with Gasteiger partial charge in [0.15, 0.2) is 17.2 Å². The summed E-state index contributed by atoms with van der Waals surface area (Å²) in [5.41, 5.74) is -2.68. The third-order valence-electron chi connectivity index (χ3n) is 8.93. The minimum Gasteiger partial charge on any atom is -0.379 e. The zero-order valence-electron chi connectivity index (χ0n) is 18.1. The molecule has 1 heterocycles. The van der Waals surface area contributed by atoms with Gasteiger partial charge in [-0.3, -0.25) is 9.59 Å². The lowest BCUT2D eigenvalue weighted by Gasteiger charge is -2.48. The molecule has 1 saturated heterocycles. The smallest absolute Gasteiger partial charge is 0.198 e. The number of Topliss-reactive ketones (excluding diaryl/α,β-unsaturated/α-hetero) is 2. The molecule has 0 unspecified atom stereocenters. The maximum atomic E-state index is 14.2. The lowest BCUT2D eigenvalue weighted by atomic mass is 9.58. The first kappa shape index (κ1) is 20.2. The van der Waals surface area contributed by atoms with E-state index < -0.39 is 38.7 Å². The minimum absolute atomic E-state index is 0.264. The van der Waals surface area contributed by atoms with E-state index in [0.717, 1.165) is 0 Å². The van der Waals surface area contributed by atoms with Crippen LogP contribution in [0.2, 0.25) is 0 Å². The normalized spacial score (nSPS) is 38.8. The number of hydrogen-bond donors (Lipinski definition) is 2. The molecule has 0 amide bonds. The van der Waals surface area contributed by atoms with Crippen molar-refractivity contribution < 1.29 is 18.9 Å². The first-order valence-corrected chi connectivity index (χ1v) is 12.4. The van der Waals surface area contributed by atoms with Crippen LogP contribution < -0.4 is 4.72 Å². The number of rotatable bonds is 3. The average molecular weight is 448 g/mol. The van der Waals surface area contributed by atoms with Crippen LogP contribution in [-0.2, 0) is 15.8 Å². The summed E-state index contributed by atoms with van der Waals surface area (Å²) in [6.07, 6.45) is 1.39. The Morgan fingerprint density at radius 2 is 1.69 bits per heavy atom. The van der Waals surface area contributed by atoms with Crippen LogP contribution in [-0.4, -0.2) is 37.8 Å². The highest BCUT2D eigenvalue weighted by atomic mass is 32.2. The number of nitrogens with one attached hydrogen (secondary N) is 1. The van der Waals surface area contributed by atoms with Crippen LogP contribution in [0, 0.1) is 16.7 Å². The molecule has 6 heteroatoms. The van der Waals surface area contributed by atoms with Gasteiger partial charge in [0.1, 0.15) is 5.54 Å². The first-order valence-electron chi connectivity index (χ1n) is 11.1. The van der Waals surface area contributed by atoms with Gasteiger partial charge in [0.2, 0.25) is 0 Å². The lowest BCUT2D eigenvalue weighted by molar-refractivity contribution is -0.143. The van der Waals surface area contributed by atoms with E-state index in [2.05, 4.69) is 18.6 Å². The molecule has 32 heavy (non-hydrogen) atoms. The minimum atomic E-state index is -1.81. The number of carbonyl (C=O) groups excluding carboxylic acids is 2. The summed E-state index contributed by atoms with van der Waals surface area (Å²) in [7, 11) is -1.47. The molecule has 0 radical (unpaired) electrons. The average Bonchev–Trinajstić information content (AvgIpc) is 3.36. The van der Waals surface area contributed by atoms with E-state index in [1.807, 2.05) is 24.3 Å². The van der Waals surface area contributed by atoms with Gasteiger partial charge in [0.05, 0.1) is 11.0 Å². The van der Waals surface area contributed by atoms with Gasteiger partial charge in [0.25, 0.3) is 0 Å². The summed E-state index contributed by atoms with van der Waals surface area (Å²) in [5.74, 6) is -0.719. The van der Waals surface area contributed by atoms with Crippen LogP contribution in [0.3, 0.4) is 0 Å². The van der Waals surface area contributed by atoms with Gasteiger partial charge in [-0.1, -0.05) is 74.5 Å². The Labute approximate surface area is 189 Å². The quantitative estimate of drug-likeness (QED) is 0.709. The molecule has 2 saturated carbocycles. The molecule has 5 nitrogen and oxygen atoms in total. The van der Waals surface area contributed by atoms with Gasteiger partial charge in [-0.2, -0.15) is 0 Å². The van der Waals surface area contributed by atoms with E-state index in [0.29, 0.717) is 29.7 Å². The zero-order valence-corrected chi connectivity index (χ0v) is 18.9. The van der Waals surface area contributed by atoms with E-state index >= 15 is 0 Å². The second-order valence-electron chi connectivity index (χ2n) is 10.1. The van der Waals surface area contributed by atoms with Gasteiger partial charge in [-0.15, -0.1) is 0 Å². The van der Waals surface area contributed by atoms with E-state index in [1.54, 1.807) is 36.4 Å². The van der Waals surface area contributed by atoms with Crippen LogP contribution in [0.1, 0.15) is 42.6 Å². The summed E-state index contributed by atoms with van der Waals surface area (Å²) in [6.45, 7) is 4.12. The number of carbonyl (C=O) groups is 2. The predicted molar refractivity (Wildman–Crippen MR) is 122 cm³/mol. The summed E-state index contributed by atoms with van der Waals surface area (Å²) < 4.78 is 16.3. The molecule has 164 valence electrons. The number of hydrogen-bond acceptors (Lipinski definition) is 4.